The van der Waals surface area contributed by atoms with Gasteiger partial charge < -0.3 is 68.9 Å². The van der Waals surface area contributed by atoms with Crippen LogP contribution >= 0.6 is 0 Å². The first-order chi connectivity index (χ1) is 26.1. The number of amides is 5. The van der Waals surface area contributed by atoms with Crippen LogP contribution in [0.5, 0.6) is 0 Å². The van der Waals surface area contributed by atoms with Crippen LogP contribution in [0.15, 0.2) is 35.5 Å². The first-order valence-corrected chi connectivity index (χ1v) is 17.5. The van der Waals surface area contributed by atoms with E-state index in [1.165, 1.54) is 0 Å². The number of nitrogens with one attached hydrogen (secondary N) is 6. The molecule has 0 aliphatic heterocycles. The molecule has 0 aromatic heterocycles. The summed E-state index contributed by atoms with van der Waals surface area (Å²) in [6.07, 6.45) is -1.84. The second-order valence-electron chi connectivity index (χ2n) is 12.6. The second kappa shape index (κ2) is 25.8. The van der Waals surface area contributed by atoms with E-state index in [1.807, 2.05) is 0 Å². The van der Waals surface area contributed by atoms with Crippen LogP contribution < -0.4 is 43.4 Å². The van der Waals surface area contributed by atoms with Crippen molar-refractivity contribution in [2.24, 2.45) is 16.6 Å². The predicted octanol–water partition coefficient (Wildman–Crippen LogP) is -4.85. The van der Waals surface area contributed by atoms with E-state index in [9.17, 15) is 53.8 Å². The van der Waals surface area contributed by atoms with Crippen molar-refractivity contribution in [1.29, 1.82) is 0 Å². The van der Waals surface area contributed by atoms with E-state index in [0.29, 0.717) is 12.8 Å². The lowest BCUT2D eigenvalue weighted by Gasteiger charge is -2.27. The van der Waals surface area contributed by atoms with Crippen molar-refractivity contribution >= 4 is 41.5 Å². The average molecular weight is 784 g/mol. The van der Waals surface area contributed by atoms with Crippen LogP contribution in [0.4, 0.5) is 0 Å². The second-order valence-corrected chi connectivity index (χ2v) is 12.6. The van der Waals surface area contributed by atoms with Crippen molar-refractivity contribution in [2.75, 3.05) is 32.8 Å². The van der Waals surface area contributed by atoms with Crippen LogP contribution in [-0.4, -0.2) is 148 Å². The van der Waals surface area contributed by atoms with Gasteiger partial charge in [-0.05, 0) is 51.1 Å². The van der Waals surface area contributed by atoms with Crippen molar-refractivity contribution in [3.8, 4) is 0 Å². The average Bonchev–Trinajstić information content (AvgIpc) is 3.14. The van der Waals surface area contributed by atoms with Gasteiger partial charge in [-0.15, -0.1) is 0 Å². The number of aliphatic hydroxyl groups is 3. The highest BCUT2D eigenvalue weighted by atomic mass is 16.4. The molecule has 0 saturated heterocycles. The van der Waals surface area contributed by atoms with Gasteiger partial charge in [-0.25, -0.2) is 0 Å². The highest BCUT2D eigenvalue weighted by Gasteiger charge is 2.34. The van der Waals surface area contributed by atoms with E-state index >= 15 is 0 Å². The smallest absolute Gasteiger partial charge is 0.321 e. The van der Waals surface area contributed by atoms with Crippen LogP contribution in [0.25, 0.3) is 0 Å². The maximum atomic E-state index is 13.4. The third-order valence-corrected chi connectivity index (χ3v) is 8.10. The molecule has 1 unspecified atom stereocenters. The number of hydrogen-bond acceptors (Lipinski definition) is 15. The summed E-state index contributed by atoms with van der Waals surface area (Å²) in [7, 11) is 0. The van der Waals surface area contributed by atoms with Gasteiger partial charge in [-0.1, -0.05) is 35.5 Å². The molecule has 1 aromatic carbocycles. The number of aliphatic hydroxyl groups excluding tert-OH is 3. The Labute approximate surface area is 316 Å². The van der Waals surface area contributed by atoms with E-state index < -0.39 is 122 Å². The fourth-order valence-corrected chi connectivity index (χ4v) is 4.98. The van der Waals surface area contributed by atoms with Crippen LogP contribution in [0, 0.1) is 4.91 Å². The van der Waals surface area contributed by atoms with Gasteiger partial charge in [0.25, 0.3) is 0 Å². The van der Waals surface area contributed by atoms with E-state index in [0.717, 1.165) is 12.5 Å². The van der Waals surface area contributed by atoms with E-state index in [-0.39, 0.29) is 25.9 Å². The fourth-order valence-electron chi connectivity index (χ4n) is 4.98. The standard InChI is InChI=1S/C33H53N9O13/c1-18(45)27(42-30(50)23(10-11-26(46)47)39-28(48)21(35)16-43)32(52)41-25(17-44)31(51)40-22(9-5-6-12-34)29(49)38-20(15-37-55)14-36-24(33(53)54)13-19-7-3-2-4-8-19/h2-4,7-8,18,20-25,27,36,43-45H,5-6,9-17,34-35H2,1H3,(H,38,49)(H,39,48)(H,40,51)(H,41,52)(H,42,50)(H,46,47)(H,53,54)/t18?,20-,21+,22+,23+,24+,25+,27+/m1/s1. The lowest BCUT2D eigenvalue weighted by Crippen LogP contribution is -2.62. The number of carbonyl (C=O) groups is 7. The van der Waals surface area contributed by atoms with Crippen molar-refractivity contribution in [3.63, 3.8) is 0 Å². The molecular weight excluding hydrogens is 730 g/mol. The lowest BCUT2D eigenvalue weighted by molar-refractivity contribution is -0.140. The lowest BCUT2D eigenvalue weighted by atomic mass is 10.1. The minimum Gasteiger partial charge on any atom is -0.481 e. The number of carbonyl (C=O) groups excluding carboxylic acids is 5. The zero-order chi connectivity index (χ0) is 41.5. The van der Waals surface area contributed by atoms with E-state index in [2.05, 4.69) is 37.1 Å². The third kappa shape index (κ3) is 18.2. The summed E-state index contributed by atoms with van der Waals surface area (Å²) in [5.41, 5.74) is 11.8. The van der Waals surface area contributed by atoms with Gasteiger partial charge in [0, 0.05) is 13.0 Å². The number of nitrogens with zero attached hydrogens (tertiary/aromatic N) is 1. The molecule has 1 rings (SSSR count). The molecule has 1 aromatic rings. The van der Waals surface area contributed by atoms with Crippen LogP contribution in [0.2, 0.25) is 0 Å². The van der Waals surface area contributed by atoms with Gasteiger partial charge in [0.15, 0.2) is 0 Å². The Bertz CT molecular complexity index is 1420. The summed E-state index contributed by atoms with van der Waals surface area (Å²) in [5, 5.41) is 65.3. The van der Waals surface area contributed by atoms with Crippen molar-refractivity contribution in [1.82, 2.24) is 31.9 Å². The van der Waals surface area contributed by atoms with E-state index in [1.54, 1.807) is 30.3 Å². The van der Waals surface area contributed by atoms with Crippen LogP contribution in [0.1, 0.15) is 44.6 Å². The molecule has 0 radical (unpaired) electrons. The van der Waals surface area contributed by atoms with Crippen molar-refractivity contribution in [3.05, 3.63) is 40.8 Å². The monoisotopic (exact) mass is 783 g/mol. The topological polar surface area (TPSA) is 374 Å². The Balaban J connectivity index is 3.09. The van der Waals surface area contributed by atoms with Gasteiger partial charge in [0.1, 0.15) is 42.8 Å². The molecule has 0 bridgehead atoms. The number of carboxylic acid groups (broad SMARTS) is 2. The van der Waals surface area contributed by atoms with E-state index in [4.69, 9.17) is 21.7 Å². The molecule has 5 amide bonds. The SMILES string of the molecule is CC(O)[C@H](NC(=O)[C@H](CCC(=O)O)NC(=O)[C@@H](N)CO)C(=O)N[C@@H](CO)C(=O)N[C@@H](CCCCN)C(=O)N[C@@H](CN=O)CN[C@@H](Cc1ccccc1)C(=O)O. The summed E-state index contributed by atoms with van der Waals surface area (Å²) in [6, 6.07) is -1.27. The zero-order valence-corrected chi connectivity index (χ0v) is 30.4. The maximum Gasteiger partial charge on any atom is 0.321 e. The number of nitrogens with two attached hydrogens (primary N) is 2. The molecule has 22 nitrogen and oxygen atoms in total. The fraction of sp³-hybridized carbons (Fsp3) is 0.606. The number of aliphatic carboxylic acids is 2. The Kier molecular flexibility index (Phi) is 22.5. The van der Waals surface area contributed by atoms with Crippen LogP contribution in [0.3, 0.4) is 0 Å². The third-order valence-electron chi connectivity index (χ3n) is 8.10. The zero-order valence-electron chi connectivity index (χ0n) is 30.4. The Morgan fingerprint density at radius 2 is 1.33 bits per heavy atom. The molecule has 0 aliphatic carbocycles. The molecule has 8 atom stereocenters. The van der Waals surface area contributed by atoms with Crippen molar-refractivity contribution < 1.29 is 59.1 Å². The molecule has 0 fully saturated rings. The highest BCUT2D eigenvalue weighted by molar-refractivity contribution is 5.96. The summed E-state index contributed by atoms with van der Waals surface area (Å²) in [5.74, 6) is -7.69. The number of unbranched alkanes of at least 4 members (excludes halogenated alkanes) is 1. The molecule has 0 saturated carbocycles. The quantitative estimate of drug-likeness (QED) is 0.0280. The Morgan fingerprint density at radius 1 is 0.745 bits per heavy atom. The largest absolute Gasteiger partial charge is 0.481 e. The Morgan fingerprint density at radius 3 is 1.87 bits per heavy atom. The molecule has 308 valence electrons. The number of hydrogen-bond donors (Lipinski definition) is 13. The van der Waals surface area contributed by atoms with Crippen LogP contribution in [-0.2, 0) is 40.0 Å². The van der Waals surface area contributed by atoms with Gasteiger partial charge in [-0.2, -0.15) is 4.91 Å². The molecule has 22 heteroatoms. The molecule has 0 spiro atoms. The molecular formula is C33H53N9O13. The minimum absolute atomic E-state index is 0.0110. The summed E-state index contributed by atoms with van der Waals surface area (Å²) in [6.45, 7) is -1.13. The number of rotatable bonds is 28. The van der Waals surface area contributed by atoms with Gasteiger partial charge >= 0.3 is 11.9 Å². The number of nitroso groups, excluding NO2 is 1. The minimum atomic E-state index is -1.81. The maximum absolute atomic E-state index is 13.4. The Hall–Kier alpha value is -5.13. The predicted molar refractivity (Wildman–Crippen MR) is 193 cm³/mol. The van der Waals surface area contributed by atoms with Gasteiger partial charge in [0.05, 0.1) is 25.4 Å². The van der Waals surface area contributed by atoms with Gasteiger partial charge in [0.2, 0.25) is 29.5 Å². The summed E-state index contributed by atoms with van der Waals surface area (Å²) in [4.78, 5) is 99.4. The first-order valence-electron chi connectivity index (χ1n) is 17.5. The molecule has 0 aliphatic rings. The number of carboxylic acids is 2. The highest BCUT2D eigenvalue weighted by Crippen LogP contribution is 2.07. The number of benzene rings is 1. The molecule has 15 N–H and O–H groups in total. The molecule has 55 heavy (non-hydrogen) atoms. The summed E-state index contributed by atoms with van der Waals surface area (Å²) < 4.78 is 0. The molecule has 0 heterocycles. The normalized spacial score (nSPS) is 15.4. The first kappa shape index (κ1) is 47.9. The van der Waals surface area contributed by atoms with Crippen molar-refractivity contribution in [2.45, 2.75) is 93.8 Å². The van der Waals surface area contributed by atoms with Gasteiger partial charge in [-0.3, -0.25) is 33.6 Å². The summed E-state index contributed by atoms with van der Waals surface area (Å²) >= 11 is 0.